The third kappa shape index (κ3) is 5.58. The Labute approximate surface area is 160 Å². The van der Waals surface area contributed by atoms with Crippen LogP contribution >= 0.6 is 11.8 Å². The number of hydrogen-bond acceptors (Lipinski definition) is 7. The normalized spacial score (nSPS) is 10.8. The second-order valence-electron chi connectivity index (χ2n) is 5.51. The molecule has 27 heavy (non-hydrogen) atoms. The summed E-state index contributed by atoms with van der Waals surface area (Å²) >= 11 is 1.20. The van der Waals surface area contributed by atoms with Crippen LogP contribution in [0.1, 0.15) is 11.1 Å². The van der Waals surface area contributed by atoms with Gasteiger partial charge < -0.3 is 11.2 Å². The fourth-order valence-electron chi connectivity index (χ4n) is 2.13. The lowest BCUT2D eigenvalue weighted by Crippen LogP contribution is -2.25. The van der Waals surface area contributed by atoms with E-state index in [0.717, 1.165) is 11.1 Å². The summed E-state index contributed by atoms with van der Waals surface area (Å²) in [4.78, 5) is 12.0. The zero-order valence-electron chi connectivity index (χ0n) is 14.4. The number of nitrogen functional groups attached to an aromatic ring is 1. The van der Waals surface area contributed by atoms with Gasteiger partial charge in [-0.1, -0.05) is 72.4 Å². The van der Waals surface area contributed by atoms with Crippen LogP contribution in [0.4, 0.5) is 5.95 Å². The van der Waals surface area contributed by atoms with Crippen molar-refractivity contribution in [1.82, 2.24) is 20.2 Å². The summed E-state index contributed by atoms with van der Waals surface area (Å²) in [6.07, 6.45) is 1.65. The zero-order valence-corrected chi connectivity index (χ0v) is 15.3. The van der Waals surface area contributed by atoms with Gasteiger partial charge in [0.25, 0.3) is 5.95 Å². The van der Waals surface area contributed by atoms with Crippen molar-refractivity contribution in [2.75, 3.05) is 17.0 Å². The number of nitrogens with two attached hydrogens (primary N) is 1. The van der Waals surface area contributed by atoms with E-state index >= 15 is 0 Å². The molecule has 138 valence electrons. The van der Waals surface area contributed by atoms with Gasteiger partial charge in [-0.2, -0.15) is 5.10 Å². The van der Waals surface area contributed by atoms with Gasteiger partial charge in [0.2, 0.25) is 11.1 Å². The van der Waals surface area contributed by atoms with Crippen molar-refractivity contribution in [3.05, 3.63) is 71.8 Å². The summed E-state index contributed by atoms with van der Waals surface area (Å²) in [7, 11) is 0. The SMILES string of the molecule is Nn1c(N/N=C/c2ccccc2)nnc1SCC(=O)NCc1ccccc1. The first kappa shape index (κ1) is 18.5. The molecule has 1 heterocycles. The largest absolute Gasteiger partial charge is 0.351 e. The third-order valence-corrected chi connectivity index (χ3v) is 4.45. The van der Waals surface area contributed by atoms with E-state index < -0.39 is 0 Å². The lowest BCUT2D eigenvalue weighted by Gasteiger charge is -2.05. The predicted molar refractivity (Wildman–Crippen MR) is 107 cm³/mol. The molecule has 0 aliphatic carbocycles. The molecule has 2 aromatic carbocycles. The zero-order chi connectivity index (χ0) is 18.9. The van der Waals surface area contributed by atoms with Crippen molar-refractivity contribution >= 4 is 29.8 Å². The number of nitrogens with one attached hydrogen (secondary N) is 2. The average molecular weight is 381 g/mol. The molecule has 0 aliphatic heterocycles. The quantitative estimate of drug-likeness (QED) is 0.238. The van der Waals surface area contributed by atoms with Crippen LogP contribution in [0.3, 0.4) is 0 Å². The minimum Gasteiger partial charge on any atom is -0.351 e. The molecule has 0 spiro atoms. The van der Waals surface area contributed by atoms with E-state index in [9.17, 15) is 4.79 Å². The van der Waals surface area contributed by atoms with Crippen molar-refractivity contribution in [2.45, 2.75) is 11.7 Å². The first-order valence-corrected chi connectivity index (χ1v) is 9.19. The predicted octanol–water partition coefficient (Wildman–Crippen LogP) is 1.85. The van der Waals surface area contributed by atoms with E-state index in [1.165, 1.54) is 16.4 Å². The molecule has 0 atom stereocenters. The van der Waals surface area contributed by atoms with Crippen LogP contribution in [0.2, 0.25) is 0 Å². The Balaban J connectivity index is 1.47. The number of hydrazone groups is 1. The van der Waals surface area contributed by atoms with E-state index in [4.69, 9.17) is 5.84 Å². The second-order valence-corrected chi connectivity index (χ2v) is 6.45. The summed E-state index contributed by atoms with van der Waals surface area (Å²) < 4.78 is 1.26. The van der Waals surface area contributed by atoms with Crippen molar-refractivity contribution < 1.29 is 4.79 Å². The lowest BCUT2D eigenvalue weighted by atomic mass is 10.2. The highest BCUT2D eigenvalue weighted by Crippen LogP contribution is 2.16. The van der Waals surface area contributed by atoms with Gasteiger partial charge in [0.05, 0.1) is 12.0 Å². The molecule has 8 nitrogen and oxygen atoms in total. The van der Waals surface area contributed by atoms with Crippen molar-refractivity contribution in [3.63, 3.8) is 0 Å². The number of carbonyl (C=O) groups is 1. The molecular formula is C18H19N7OS. The smallest absolute Gasteiger partial charge is 0.264 e. The maximum Gasteiger partial charge on any atom is 0.264 e. The van der Waals surface area contributed by atoms with Crippen LogP contribution in [-0.4, -0.2) is 32.7 Å². The summed E-state index contributed by atoms with van der Waals surface area (Å²) in [5.41, 5.74) is 4.72. The maximum atomic E-state index is 12.0. The average Bonchev–Trinajstić information content (AvgIpc) is 3.06. The number of thioether (sulfide) groups is 1. The number of amides is 1. The van der Waals surface area contributed by atoms with Crippen molar-refractivity contribution in [1.29, 1.82) is 0 Å². The first-order chi connectivity index (χ1) is 13.2. The Kier molecular flexibility index (Phi) is 6.42. The molecule has 4 N–H and O–H groups in total. The standard InChI is InChI=1S/C18H19N7OS/c19-25-17(22-21-12-15-9-5-2-6-10-15)23-24-18(25)27-13-16(26)20-11-14-7-3-1-4-8-14/h1-10,12H,11,13,19H2,(H,20,26)(H,22,23)/b21-12+. The van der Waals surface area contributed by atoms with E-state index in [-0.39, 0.29) is 17.6 Å². The maximum absolute atomic E-state index is 12.0. The van der Waals surface area contributed by atoms with Gasteiger partial charge in [0.15, 0.2) is 0 Å². The van der Waals surface area contributed by atoms with Crippen LogP contribution in [0.25, 0.3) is 0 Å². The summed E-state index contributed by atoms with van der Waals surface area (Å²) in [6.45, 7) is 0.483. The van der Waals surface area contributed by atoms with Gasteiger partial charge >= 0.3 is 0 Å². The van der Waals surface area contributed by atoms with Crippen LogP contribution in [0.5, 0.6) is 0 Å². The van der Waals surface area contributed by atoms with E-state index in [1.54, 1.807) is 6.21 Å². The Hall–Kier alpha value is -3.33. The number of hydrogen-bond donors (Lipinski definition) is 3. The molecular weight excluding hydrogens is 362 g/mol. The molecule has 1 aromatic heterocycles. The summed E-state index contributed by atoms with van der Waals surface area (Å²) in [5, 5.41) is 15.2. The highest BCUT2D eigenvalue weighted by molar-refractivity contribution is 7.99. The van der Waals surface area contributed by atoms with Gasteiger partial charge in [0.1, 0.15) is 0 Å². The van der Waals surface area contributed by atoms with E-state index in [2.05, 4.69) is 26.0 Å². The lowest BCUT2D eigenvalue weighted by molar-refractivity contribution is -0.118. The molecule has 3 rings (SSSR count). The van der Waals surface area contributed by atoms with Crippen molar-refractivity contribution in [2.24, 2.45) is 5.10 Å². The molecule has 3 aromatic rings. The van der Waals surface area contributed by atoms with Crippen LogP contribution in [0.15, 0.2) is 70.9 Å². The molecule has 0 unspecified atom stereocenters. The highest BCUT2D eigenvalue weighted by Gasteiger charge is 2.11. The Bertz CT molecular complexity index is 897. The molecule has 9 heteroatoms. The monoisotopic (exact) mass is 381 g/mol. The fourth-order valence-corrected chi connectivity index (χ4v) is 2.82. The molecule has 0 fully saturated rings. The minimum atomic E-state index is -0.108. The van der Waals surface area contributed by atoms with Gasteiger partial charge in [0, 0.05) is 6.54 Å². The molecule has 1 amide bonds. The second kappa shape index (κ2) is 9.39. The fraction of sp³-hybridized carbons (Fsp3) is 0.111. The number of rotatable bonds is 8. The van der Waals surface area contributed by atoms with Crippen LogP contribution in [-0.2, 0) is 11.3 Å². The minimum absolute atomic E-state index is 0.108. The number of carbonyl (C=O) groups excluding carboxylic acids is 1. The van der Waals surface area contributed by atoms with E-state index in [0.29, 0.717) is 11.7 Å². The summed E-state index contributed by atoms with van der Waals surface area (Å²) in [5.74, 6) is 6.31. The molecule has 0 aliphatic rings. The molecule has 0 saturated heterocycles. The third-order valence-electron chi connectivity index (χ3n) is 3.51. The van der Waals surface area contributed by atoms with Gasteiger partial charge in [-0.25, -0.2) is 10.1 Å². The topological polar surface area (TPSA) is 110 Å². The van der Waals surface area contributed by atoms with Gasteiger partial charge in [-0.15, -0.1) is 10.2 Å². The van der Waals surface area contributed by atoms with Crippen LogP contribution < -0.4 is 16.6 Å². The number of aromatic nitrogens is 3. The van der Waals surface area contributed by atoms with Gasteiger partial charge in [-0.05, 0) is 11.1 Å². The first-order valence-electron chi connectivity index (χ1n) is 8.20. The van der Waals surface area contributed by atoms with Gasteiger partial charge in [-0.3, -0.25) is 4.79 Å². The van der Waals surface area contributed by atoms with Crippen molar-refractivity contribution in [3.8, 4) is 0 Å². The highest BCUT2D eigenvalue weighted by atomic mass is 32.2. The number of benzene rings is 2. The van der Waals surface area contributed by atoms with Crippen LogP contribution in [0, 0.1) is 0 Å². The Morgan fingerprint density at radius 3 is 2.56 bits per heavy atom. The molecule has 0 bridgehead atoms. The number of nitrogens with zero attached hydrogens (tertiary/aromatic N) is 4. The van der Waals surface area contributed by atoms with E-state index in [1.807, 2.05) is 60.7 Å². The molecule has 0 saturated carbocycles. The Morgan fingerprint density at radius 2 is 1.81 bits per heavy atom. The summed E-state index contributed by atoms with van der Waals surface area (Å²) in [6, 6.07) is 19.3. The molecule has 0 radical (unpaired) electrons. The Morgan fingerprint density at radius 1 is 1.11 bits per heavy atom. The number of anilines is 1.